The Labute approximate surface area is 185 Å². The van der Waals surface area contributed by atoms with Crippen molar-refractivity contribution in [3.8, 4) is 22.9 Å². The molecule has 0 spiro atoms. The second kappa shape index (κ2) is 9.26. The Hall–Kier alpha value is -3.26. The molecule has 0 aliphatic carbocycles. The molecular formula is C22H23ClN4O4. The molecule has 2 amide bonds. The lowest BCUT2D eigenvalue weighted by atomic mass is 9.97. The van der Waals surface area contributed by atoms with Crippen molar-refractivity contribution in [1.29, 1.82) is 0 Å². The number of ether oxygens (including phenoxy) is 2. The zero-order valence-electron chi connectivity index (χ0n) is 17.3. The summed E-state index contributed by atoms with van der Waals surface area (Å²) in [7, 11) is 3.14. The molecule has 0 unspecified atom stereocenters. The van der Waals surface area contributed by atoms with Crippen molar-refractivity contribution in [3.63, 3.8) is 0 Å². The number of methoxy groups -OCH3 is 2. The first-order valence-corrected chi connectivity index (χ1v) is 10.3. The number of aromatic nitrogens is 2. The van der Waals surface area contributed by atoms with Crippen LogP contribution in [0.3, 0.4) is 0 Å². The molecule has 1 aliphatic heterocycles. The van der Waals surface area contributed by atoms with Crippen LogP contribution in [0.1, 0.15) is 24.7 Å². The van der Waals surface area contributed by atoms with Crippen LogP contribution >= 0.6 is 11.6 Å². The molecule has 4 rings (SSSR count). The van der Waals surface area contributed by atoms with Gasteiger partial charge in [0.25, 0.3) is 0 Å². The normalized spacial score (nSPS) is 14.4. The van der Waals surface area contributed by atoms with E-state index in [1.54, 1.807) is 49.5 Å². The maximum Gasteiger partial charge on any atom is 0.321 e. The molecule has 1 saturated heterocycles. The molecule has 0 radical (unpaired) electrons. The third-order valence-electron chi connectivity index (χ3n) is 5.33. The molecular weight excluding hydrogens is 420 g/mol. The molecule has 1 aliphatic rings. The minimum atomic E-state index is -0.172. The van der Waals surface area contributed by atoms with E-state index < -0.39 is 0 Å². The van der Waals surface area contributed by atoms with Crippen molar-refractivity contribution in [2.75, 3.05) is 32.6 Å². The van der Waals surface area contributed by atoms with Gasteiger partial charge >= 0.3 is 6.03 Å². The number of halogens is 1. The number of urea groups is 1. The number of hydrogen-bond acceptors (Lipinski definition) is 6. The molecule has 1 aromatic heterocycles. The van der Waals surface area contributed by atoms with Gasteiger partial charge in [0.2, 0.25) is 11.7 Å². The Kier molecular flexibility index (Phi) is 6.27. The molecule has 1 N–H and O–H groups in total. The Morgan fingerprint density at radius 2 is 1.87 bits per heavy atom. The first-order chi connectivity index (χ1) is 15.1. The molecule has 31 heavy (non-hydrogen) atoms. The second-order valence-corrected chi connectivity index (χ2v) is 7.66. The van der Waals surface area contributed by atoms with Crippen molar-refractivity contribution in [3.05, 3.63) is 53.4 Å². The molecule has 0 bridgehead atoms. The highest BCUT2D eigenvalue weighted by molar-refractivity contribution is 6.30. The molecule has 2 heterocycles. The number of rotatable bonds is 5. The summed E-state index contributed by atoms with van der Waals surface area (Å²) in [5.41, 5.74) is 1.45. The van der Waals surface area contributed by atoms with Gasteiger partial charge < -0.3 is 24.2 Å². The number of nitrogens with zero attached hydrogens (tertiary/aromatic N) is 3. The fourth-order valence-corrected chi connectivity index (χ4v) is 3.67. The Balaban J connectivity index is 1.36. The fourth-order valence-electron chi connectivity index (χ4n) is 3.54. The van der Waals surface area contributed by atoms with Gasteiger partial charge in [0, 0.05) is 35.7 Å². The van der Waals surface area contributed by atoms with E-state index in [1.165, 1.54) is 0 Å². The number of piperidine rings is 1. The van der Waals surface area contributed by atoms with Crippen LogP contribution in [0.2, 0.25) is 5.02 Å². The van der Waals surface area contributed by atoms with E-state index in [0.717, 1.165) is 18.4 Å². The van der Waals surface area contributed by atoms with Gasteiger partial charge in [-0.25, -0.2) is 4.79 Å². The molecule has 8 nitrogen and oxygen atoms in total. The maximum absolute atomic E-state index is 12.7. The van der Waals surface area contributed by atoms with E-state index in [9.17, 15) is 4.79 Å². The predicted octanol–water partition coefficient (Wildman–Crippen LogP) is 4.82. The number of nitrogens with one attached hydrogen (secondary N) is 1. The largest absolute Gasteiger partial charge is 0.497 e. The van der Waals surface area contributed by atoms with Crippen LogP contribution in [0.5, 0.6) is 11.5 Å². The summed E-state index contributed by atoms with van der Waals surface area (Å²) in [6.07, 6.45) is 1.49. The summed E-state index contributed by atoms with van der Waals surface area (Å²) in [6.45, 7) is 1.18. The van der Waals surface area contributed by atoms with Crippen LogP contribution in [0.25, 0.3) is 11.4 Å². The average molecular weight is 443 g/mol. The van der Waals surface area contributed by atoms with Crippen molar-refractivity contribution in [1.82, 2.24) is 15.0 Å². The lowest BCUT2D eigenvalue weighted by Crippen LogP contribution is -2.40. The van der Waals surface area contributed by atoms with Crippen molar-refractivity contribution >= 4 is 23.3 Å². The molecule has 9 heteroatoms. The Morgan fingerprint density at radius 1 is 1.13 bits per heavy atom. The molecule has 3 aromatic rings. The van der Waals surface area contributed by atoms with E-state index in [2.05, 4.69) is 15.5 Å². The van der Waals surface area contributed by atoms with Gasteiger partial charge in [-0.3, -0.25) is 0 Å². The highest BCUT2D eigenvalue weighted by Crippen LogP contribution is 2.31. The van der Waals surface area contributed by atoms with E-state index in [1.807, 2.05) is 12.1 Å². The lowest BCUT2D eigenvalue weighted by molar-refractivity contribution is 0.187. The van der Waals surface area contributed by atoms with Gasteiger partial charge in [0.15, 0.2) is 0 Å². The van der Waals surface area contributed by atoms with E-state index >= 15 is 0 Å². The Bertz CT molecular complexity index is 1050. The minimum absolute atomic E-state index is 0.119. The number of carbonyl (C=O) groups excluding carboxylic acids is 1. The van der Waals surface area contributed by atoms with Crippen LogP contribution in [0.4, 0.5) is 10.5 Å². The van der Waals surface area contributed by atoms with Gasteiger partial charge in [-0.2, -0.15) is 4.98 Å². The topological polar surface area (TPSA) is 89.7 Å². The van der Waals surface area contributed by atoms with Crippen LogP contribution in [-0.2, 0) is 0 Å². The molecule has 2 aromatic carbocycles. The zero-order chi connectivity index (χ0) is 21.8. The zero-order valence-corrected chi connectivity index (χ0v) is 18.1. The molecule has 0 atom stereocenters. The highest BCUT2D eigenvalue weighted by Gasteiger charge is 2.28. The smallest absolute Gasteiger partial charge is 0.321 e. The third-order valence-corrected chi connectivity index (χ3v) is 5.58. The van der Waals surface area contributed by atoms with Crippen LogP contribution in [-0.4, -0.2) is 48.4 Å². The van der Waals surface area contributed by atoms with E-state index in [-0.39, 0.29) is 11.9 Å². The first kappa shape index (κ1) is 21.0. The first-order valence-electron chi connectivity index (χ1n) is 9.95. The lowest BCUT2D eigenvalue weighted by Gasteiger charge is -2.30. The molecule has 162 valence electrons. The highest BCUT2D eigenvalue weighted by atomic mass is 35.5. The summed E-state index contributed by atoms with van der Waals surface area (Å²) in [6, 6.07) is 12.4. The number of carbonyl (C=O) groups is 1. The summed E-state index contributed by atoms with van der Waals surface area (Å²) < 4.78 is 16.0. The number of hydrogen-bond donors (Lipinski definition) is 1. The standard InChI is InChI=1S/C22H23ClN4O4/c1-29-17-7-8-18(19(13-17)30-2)24-22(28)27-11-9-15(10-12-27)21-25-20(26-31-21)14-3-5-16(23)6-4-14/h3-8,13,15H,9-12H2,1-2H3,(H,24,28). The fraction of sp³-hybridized carbons (Fsp3) is 0.318. The van der Waals surface area contributed by atoms with E-state index in [4.69, 9.17) is 25.6 Å². The second-order valence-electron chi connectivity index (χ2n) is 7.22. The van der Waals surface area contributed by atoms with Crippen LogP contribution in [0.15, 0.2) is 47.0 Å². The van der Waals surface area contributed by atoms with Gasteiger partial charge in [-0.05, 0) is 49.2 Å². The average Bonchev–Trinajstić information content (AvgIpc) is 3.30. The molecule has 1 fully saturated rings. The monoisotopic (exact) mass is 442 g/mol. The van der Waals surface area contributed by atoms with Gasteiger partial charge in [-0.15, -0.1) is 0 Å². The number of likely N-dealkylation sites (tertiary alicyclic amines) is 1. The quantitative estimate of drug-likeness (QED) is 0.609. The van der Waals surface area contributed by atoms with Crippen molar-refractivity contribution in [2.24, 2.45) is 0 Å². The Morgan fingerprint density at radius 3 is 2.55 bits per heavy atom. The van der Waals surface area contributed by atoms with Crippen molar-refractivity contribution < 1.29 is 18.8 Å². The van der Waals surface area contributed by atoms with Crippen molar-refractivity contribution in [2.45, 2.75) is 18.8 Å². The summed E-state index contributed by atoms with van der Waals surface area (Å²) in [5, 5.41) is 7.66. The maximum atomic E-state index is 12.7. The number of amides is 2. The predicted molar refractivity (Wildman–Crippen MR) is 117 cm³/mol. The van der Waals surface area contributed by atoms with Gasteiger partial charge in [0.05, 0.1) is 19.9 Å². The summed E-state index contributed by atoms with van der Waals surface area (Å²) >= 11 is 5.93. The summed E-state index contributed by atoms with van der Waals surface area (Å²) in [5.74, 6) is 2.46. The minimum Gasteiger partial charge on any atom is -0.497 e. The van der Waals surface area contributed by atoms with Crippen LogP contribution in [0, 0.1) is 0 Å². The number of benzene rings is 2. The number of anilines is 1. The SMILES string of the molecule is COc1ccc(NC(=O)N2CCC(c3nc(-c4ccc(Cl)cc4)no3)CC2)c(OC)c1. The van der Waals surface area contributed by atoms with E-state index in [0.29, 0.717) is 47.0 Å². The summed E-state index contributed by atoms with van der Waals surface area (Å²) in [4.78, 5) is 19.0. The third kappa shape index (κ3) is 4.74. The van der Waals surface area contributed by atoms with Gasteiger partial charge in [0.1, 0.15) is 11.5 Å². The van der Waals surface area contributed by atoms with Gasteiger partial charge in [-0.1, -0.05) is 16.8 Å². The van der Waals surface area contributed by atoms with Crippen LogP contribution < -0.4 is 14.8 Å². The molecule has 0 saturated carbocycles.